The molecule has 6 heteroatoms. The molecule has 0 bridgehead atoms. The van der Waals surface area contributed by atoms with Crippen LogP contribution in [0.1, 0.15) is 41.0 Å². The Balaban J connectivity index is 2.02. The number of ether oxygens (including phenoxy) is 1. The van der Waals surface area contributed by atoms with Gasteiger partial charge in [-0.2, -0.15) is 0 Å². The third-order valence-electron chi connectivity index (χ3n) is 3.93. The maximum absolute atomic E-state index is 12.5. The van der Waals surface area contributed by atoms with Crippen molar-refractivity contribution in [1.29, 1.82) is 0 Å². The fourth-order valence-corrected chi connectivity index (χ4v) is 2.38. The van der Waals surface area contributed by atoms with Crippen molar-refractivity contribution in [2.75, 3.05) is 25.0 Å². The average molecular weight is 369 g/mol. The lowest BCUT2D eigenvalue weighted by atomic mass is 10.1. The fourth-order valence-electron chi connectivity index (χ4n) is 2.38. The summed E-state index contributed by atoms with van der Waals surface area (Å²) < 4.78 is 5.66. The zero-order valence-electron chi connectivity index (χ0n) is 15.8. The summed E-state index contributed by atoms with van der Waals surface area (Å²) in [5.74, 6) is 0.749. The van der Waals surface area contributed by atoms with Crippen LogP contribution >= 0.6 is 0 Å². The van der Waals surface area contributed by atoms with Gasteiger partial charge in [0.25, 0.3) is 11.8 Å². The molecule has 0 aromatic heterocycles. The van der Waals surface area contributed by atoms with E-state index in [1.54, 1.807) is 48.5 Å². The number of hydrogen-bond acceptors (Lipinski definition) is 4. The van der Waals surface area contributed by atoms with Crippen molar-refractivity contribution in [2.45, 2.75) is 20.3 Å². The number of hydrogen-bond donors (Lipinski definition) is 3. The van der Waals surface area contributed by atoms with E-state index in [4.69, 9.17) is 10.5 Å². The predicted molar refractivity (Wildman–Crippen MR) is 107 cm³/mol. The molecule has 0 spiro atoms. The molecular formula is C21H27N3O3. The number of anilines is 1. The Kier molecular flexibility index (Phi) is 7.82. The van der Waals surface area contributed by atoms with Gasteiger partial charge in [0.15, 0.2) is 0 Å². The molecule has 0 atom stereocenters. The van der Waals surface area contributed by atoms with Crippen LogP contribution in [0.25, 0.3) is 0 Å². The van der Waals surface area contributed by atoms with Gasteiger partial charge in [0.1, 0.15) is 5.75 Å². The van der Waals surface area contributed by atoms with Crippen LogP contribution in [0.5, 0.6) is 5.75 Å². The first-order chi connectivity index (χ1) is 13.0. The Morgan fingerprint density at radius 2 is 1.74 bits per heavy atom. The minimum Gasteiger partial charge on any atom is -0.494 e. The topological polar surface area (TPSA) is 93.4 Å². The van der Waals surface area contributed by atoms with Gasteiger partial charge in [0, 0.05) is 18.7 Å². The molecule has 0 saturated heterocycles. The SMILES string of the molecule is CC(C)CCOc1ccc(C(=O)Nc2ccccc2C(=O)NCCN)cc1. The fraction of sp³-hybridized carbons (Fsp3) is 0.333. The maximum atomic E-state index is 12.5. The van der Waals surface area contributed by atoms with Crippen LogP contribution in [-0.4, -0.2) is 31.5 Å². The van der Waals surface area contributed by atoms with E-state index in [-0.39, 0.29) is 11.8 Å². The third kappa shape index (κ3) is 6.42. The van der Waals surface area contributed by atoms with Gasteiger partial charge in [-0.3, -0.25) is 9.59 Å². The van der Waals surface area contributed by atoms with Crippen LogP contribution in [0.15, 0.2) is 48.5 Å². The van der Waals surface area contributed by atoms with Gasteiger partial charge < -0.3 is 21.1 Å². The number of para-hydroxylation sites is 1. The molecule has 2 rings (SSSR count). The zero-order valence-corrected chi connectivity index (χ0v) is 15.8. The molecule has 2 amide bonds. The molecule has 0 aliphatic rings. The quantitative estimate of drug-likeness (QED) is 0.633. The molecule has 0 unspecified atom stereocenters. The van der Waals surface area contributed by atoms with Crippen LogP contribution in [0, 0.1) is 5.92 Å². The van der Waals surface area contributed by atoms with Crippen molar-refractivity contribution in [3.8, 4) is 5.75 Å². The minimum atomic E-state index is -0.289. The number of amides is 2. The first-order valence-corrected chi connectivity index (χ1v) is 9.12. The average Bonchev–Trinajstić information content (AvgIpc) is 2.66. The lowest BCUT2D eigenvalue weighted by Crippen LogP contribution is -2.30. The van der Waals surface area contributed by atoms with Crippen LogP contribution < -0.4 is 21.1 Å². The third-order valence-corrected chi connectivity index (χ3v) is 3.93. The molecule has 27 heavy (non-hydrogen) atoms. The van der Waals surface area contributed by atoms with Gasteiger partial charge in [0.05, 0.1) is 17.9 Å². The van der Waals surface area contributed by atoms with E-state index in [1.807, 2.05) is 0 Å². The molecule has 4 N–H and O–H groups in total. The van der Waals surface area contributed by atoms with Gasteiger partial charge in [-0.05, 0) is 48.7 Å². The summed E-state index contributed by atoms with van der Waals surface area (Å²) in [4.78, 5) is 24.7. The van der Waals surface area contributed by atoms with Gasteiger partial charge >= 0.3 is 0 Å². The van der Waals surface area contributed by atoms with E-state index in [2.05, 4.69) is 24.5 Å². The van der Waals surface area contributed by atoms with Crippen molar-refractivity contribution in [1.82, 2.24) is 5.32 Å². The molecule has 0 fully saturated rings. The second-order valence-electron chi connectivity index (χ2n) is 6.60. The summed E-state index contributed by atoms with van der Waals surface area (Å²) in [6.07, 6.45) is 0.977. The lowest BCUT2D eigenvalue weighted by molar-refractivity contribution is 0.0955. The van der Waals surface area contributed by atoms with Gasteiger partial charge in [0.2, 0.25) is 0 Å². The van der Waals surface area contributed by atoms with E-state index in [1.165, 1.54) is 0 Å². The van der Waals surface area contributed by atoms with Gasteiger partial charge in [-0.1, -0.05) is 26.0 Å². The monoisotopic (exact) mass is 369 g/mol. The maximum Gasteiger partial charge on any atom is 0.255 e. The molecule has 0 radical (unpaired) electrons. The Hall–Kier alpha value is -2.86. The second-order valence-corrected chi connectivity index (χ2v) is 6.60. The number of nitrogens with two attached hydrogens (primary N) is 1. The van der Waals surface area contributed by atoms with Crippen LogP contribution in [-0.2, 0) is 0 Å². The largest absolute Gasteiger partial charge is 0.494 e. The summed E-state index contributed by atoms with van der Waals surface area (Å²) in [6, 6.07) is 13.8. The normalized spacial score (nSPS) is 10.5. The van der Waals surface area contributed by atoms with Crippen molar-refractivity contribution < 1.29 is 14.3 Å². The molecule has 0 aliphatic heterocycles. The number of rotatable bonds is 9. The number of nitrogens with one attached hydrogen (secondary N) is 2. The second kappa shape index (κ2) is 10.3. The molecule has 6 nitrogen and oxygen atoms in total. The van der Waals surface area contributed by atoms with Gasteiger partial charge in [-0.15, -0.1) is 0 Å². The Morgan fingerprint density at radius 3 is 2.41 bits per heavy atom. The lowest BCUT2D eigenvalue weighted by Gasteiger charge is -2.12. The van der Waals surface area contributed by atoms with Crippen molar-refractivity contribution in [3.05, 3.63) is 59.7 Å². The summed E-state index contributed by atoms with van der Waals surface area (Å²) in [5.41, 5.74) is 6.75. The molecular weight excluding hydrogens is 342 g/mol. The van der Waals surface area contributed by atoms with E-state index in [9.17, 15) is 9.59 Å². The van der Waals surface area contributed by atoms with Crippen molar-refractivity contribution >= 4 is 17.5 Å². The van der Waals surface area contributed by atoms with Crippen LogP contribution in [0.2, 0.25) is 0 Å². The van der Waals surface area contributed by atoms with E-state index in [0.29, 0.717) is 42.4 Å². The molecule has 0 heterocycles. The highest BCUT2D eigenvalue weighted by molar-refractivity contribution is 6.09. The number of carbonyl (C=O) groups excluding carboxylic acids is 2. The molecule has 2 aromatic rings. The number of benzene rings is 2. The van der Waals surface area contributed by atoms with Crippen molar-refractivity contribution in [2.24, 2.45) is 11.7 Å². The Bertz CT molecular complexity index is 758. The van der Waals surface area contributed by atoms with E-state index < -0.39 is 0 Å². The summed E-state index contributed by atoms with van der Waals surface area (Å²) >= 11 is 0. The summed E-state index contributed by atoms with van der Waals surface area (Å²) in [5, 5.41) is 5.50. The highest BCUT2D eigenvalue weighted by atomic mass is 16.5. The van der Waals surface area contributed by atoms with Crippen LogP contribution in [0.3, 0.4) is 0 Å². The molecule has 144 valence electrons. The van der Waals surface area contributed by atoms with Crippen molar-refractivity contribution in [3.63, 3.8) is 0 Å². The molecule has 0 saturated carbocycles. The minimum absolute atomic E-state index is 0.273. The molecule has 2 aromatic carbocycles. The highest BCUT2D eigenvalue weighted by Crippen LogP contribution is 2.18. The number of carbonyl (C=O) groups is 2. The van der Waals surface area contributed by atoms with Gasteiger partial charge in [-0.25, -0.2) is 0 Å². The first kappa shape index (κ1) is 20.5. The molecule has 0 aliphatic carbocycles. The summed E-state index contributed by atoms with van der Waals surface area (Å²) in [7, 11) is 0. The Morgan fingerprint density at radius 1 is 1.04 bits per heavy atom. The first-order valence-electron chi connectivity index (χ1n) is 9.12. The van der Waals surface area contributed by atoms with E-state index >= 15 is 0 Å². The Labute approximate surface area is 160 Å². The van der Waals surface area contributed by atoms with Crippen LogP contribution in [0.4, 0.5) is 5.69 Å². The predicted octanol–water partition coefficient (Wildman–Crippen LogP) is 3.05. The van der Waals surface area contributed by atoms with E-state index in [0.717, 1.165) is 12.2 Å². The zero-order chi connectivity index (χ0) is 19.6. The smallest absolute Gasteiger partial charge is 0.255 e. The standard InChI is InChI=1S/C21H27N3O3/c1-15(2)11-14-27-17-9-7-16(8-10-17)20(25)24-19-6-4-3-5-18(19)21(26)23-13-12-22/h3-10,15H,11-14,22H2,1-2H3,(H,23,26)(H,24,25). The summed E-state index contributed by atoms with van der Waals surface area (Å²) in [6.45, 7) is 5.66. The highest BCUT2D eigenvalue weighted by Gasteiger charge is 2.13.